The topological polar surface area (TPSA) is 57.4 Å². The van der Waals surface area contributed by atoms with Gasteiger partial charge in [-0.15, -0.1) is 0 Å². The molecule has 1 aromatic carbocycles. The van der Waals surface area contributed by atoms with E-state index in [1.54, 1.807) is 0 Å². The number of aryl methyl sites for hydroxylation is 1. The predicted octanol–water partition coefficient (Wildman–Crippen LogP) is 6.63. The van der Waals surface area contributed by atoms with Gasteiger partial charge in [0.1, 0.15) is 0 Å². The Hall–Kier alpha value is -4.18. The van der Waals surface area contributed by atoms with E-state index in [-0.39, 0.29) is 0 Å². The average molecular weight is 400 g/mol. The first-order chi connectivity index (χ1) is 15.2. The van der Waals surface area contributed by atoms with E-state index < -0.39 is 0 Å². The summed E-state index contributed by atoms with van der Waals surface area (Å²) in [7, 11) is 0. The lowest BCUT2D eigenvalue weighted by atomic mass is 10.1. The number of hydrogen-bond donors (Lipinski definition) is 2. The van der Waals surface area contributed by atoms with E-state index in [0.29, 0.717) is 0 Å². The summed E-state index contributed by atoms with van der Waals surface area (Å²) in [5, 5.41) is 0. The Morgan fingerprint density at radius 1 is 0.581 bits per heavy atom. The van der Waals surface area contributed by atoms with Crippen LogP contribution in [0.25, 0.3) is 57.5 Å². The lowest BCUT2D eigenvalue weighted by Gasteiger charge is -1.97. The summed E-state index contributed by atoms with van der Waals surface area (Å²) < 4.78 is 0. The highest BCUT2D eigenvalue weighted by molar-refractivity contribution is 5.88. The maximum atomic E-state index is 4.77. The van der Waals surface area contributed by atoms with Crippen molar-refractivity contribution < 1.29 is 0 Å². The molecule has 0 saturated carbocycles. The maximum Gasteiger partial charge on any atom is 0.0659 e. The smallest absolute Gasteiger partial charge is 0.0659 e. The molecule has 5 heterocycles. The first-order valence-corrected chi connectivity index (χ1v) is 10.3. The number of aromatic nitrogens is 4. The third-order valence-corrected chi connectivity index (χ3v) is 5.59. The van der Waals surface area contributed by atoms with Crippen molar-refractivity contribution >= 4 is 46.4 Å². The molecule has 148 valence electrons. The largest absolute Gasteiger partial charge is 0.355 e. The molecule has 0 fully saturated rings. The minimum Gasteiger partial charge on any atom is -0.355 e. The second-order valence-corrected chi connectivity index (χ2v) is 7.91. The van der Waals surface area contributed by atoms with Gasteiger partial charge in [-0.05, 0) is 78.8 Å². The van der Waals surface area contributed by atoms with Gasteiger partial charge in [0.15, 0.2) is 0 Å². The van der Waals surface area contributed by atoms with Crippen LogP contribution in [0, 0.1) is 6.92 Å². The average Bonchev–Trinajstić information content (AvgIpc) is 3.54. The molecule has 0 amide bonds. The van der Waals surface area contributed by atoms with E-state index in [1.807, 2.05) is 36.4 Å². The lowest BCUT2D eigenvalue weighted by molar-refractivity contribution is 1.28. The molecule has 0 atom stereocenters. The number of H-pyrrole nitrogens is 2. The van der Waals surface area contributed by atoms with Crippen LogP contribution in [0.4, 0.5) is 0 Å². The Bertz CT molecular complexity index is 1530. The Morgan fingerprint density at radius 2 is 1.19 bits per heavy atom. The second-order valence-electron chi connectivity index (χ2n) is 7.91. The molecule has 8 bridgehead atoms. The zero-order chi connectivity index (χ0) is 20.8. The first-order valence-electron chi connectivity index (χ1n) is 10.3. The van der Waals surface area contributed by atoms with E-state index in [1.165, 1.54) is 11.1 Å². The molecular formula is C27H20N4. The molecule has 0 spiro atoms. The van der Waals surface area contributed by atoms with Crippen molar-refractivity contribution in [1.29, 1.82) is 0 Å². The SMILES string of the molecule is Cc1cc2cc3nc(cc4nc(cc5[nH]c(cc5-c5ccccc5)cc1[nH]2)C=C4)C=C3. The van der Waals surface area contributed by atoms with E-state index in [0.717, 1.165) is 50.4 Å². The molecular weight excluding hydrogens is 380 g/mol. The van der Waals surface area contributed by atoms with E-state index >= 15 is 0 Å². The molecule has 0 unspecified atom stereocenters. The lowest BCUT2D eigenvalue weighted by Crippen LogP contribution is -1.78. The first kappa shape index (κ1) is 17.7. The zero-order valence-corrected chi connectivity index (χ0v) is 17.1. The molecule has 2 aliphatic rings. The van der Waals surface area contributed by atoms with Crippen LogP contribution in [0.3, 0.4) is 0 Å². The number of nitrogens with one attached hydrogen (secondary N) is 2. The quantitative estimate of drug-likeness (QED) is 0.325. The summed E-state index contributed by atoms with van der Waals surface area (Å²) >= 11 is 0. The van der Waals surface area contributed by atoms with Crippen molar-refractivity contribution in [3.63, 3.8) is 0 Å². The van der Waals surface area contributed by atoms with Crippen LogP contribution in [-0.4, -0.2) is 19.9 Å². The van der Waals surface area contributed by atoms with Crippen molar-refractivity contribution in [2.24, 2.45) is 0 Å². The van der Waals surface area contributed by atoms with Gasteiger partial charge in [0.2, 0.25) is 0 Å². The van der Waals surface area contributed by atoms with Gasteiger partial charge >= 0.3 is 0 Å². The number of benzene rings is 1. The summed E-state index contributed by atoms with van der Waals surface area (Å²) in [5.74, 6) is 0. The second kappa shape index (κ2) is 6.96. The van der Waals surface area contributed by atoms with E-state index in [9.17, 15) is 0 Å². The molecule has 3 aromatic heterocycles. The zero-order valence-electron chi connectivity index (χ0n) is 17.1. The van der Waals surface area contributed by atoms with Gasteiger partial charge in [0.25, 0.3) is 0 Å². The number of nitrogens with zero attached hydrogens (tertiary/aromatic N) is 2. The van der Waals surface area contributed by atoms with Crippen molar-refractivity contribution in [3.8, 4) is 11.1 Å². The van der Waals surface area contributed by atoms with E-state index in [2.05, 4.69) is 71.5 Å². The van der Waals surface area contributed by atoms with Crippen LogP contribution in [0.2, 0.25) is 0 Å². The van der Waals surface area contributed by atoms with Gasteiger partial charge in [0, 0.05) is 27.6 Å². The van der Waals surface area contributed by atoms with Crippen molar-refractivity contribution in [3.05, 3.63) is 95.1 Å². The fourth-order valence-corrected chi connectivity index (χ4v) is 4.09. The number of rotatable bonds is 1. The van der Waals surface area contributed by atoms with Crippen LogP contribution in [0.15, 0.2) is 66.7 Å². The molecule has 0 saturated heterocycles. The Kier molecular flexibility index (Phi) is 3.96. The summed E-state index contributed by atoms with van der Waals surface area (Å²) in [6.45, 7) is 2.12. The van der Waals surface area contributed by atoms with Gasteiger partial charge in [0.05, 0.1) is 22.8 Å². The van der Waals surface area contributed by atoms with Crippen molar-refractivity contribution in [2.75, 3.05) is 0 Å². The predicted molar refractivity (Wildman–Crippen MR) is 129 cm³/mol. The van der Waals surface area contributed by atoms with Gasteiger partial charge in [-0.25, -0.2) is 9.97 Å². The molecule has 4 aromatic rings. The van der Waals surface area contributed by atoms with Crippen LogP contribution < -0.4 is 0 Å². The van der Waals surface area contributed by atoms with E-state index in [4.69, 9.17) is 9.97 Å². The normalized spacial score (nSPS) is 12.4. The minimum absolute atomic E-state index is 0.903. The highest BCUT2D eigenvalue weighted by Crippen LogP contribution is 2.27. The number of aromatic amines is 2. The maximum absolute atomic E-state index is 4.77. The summed E-state index contributed by atoms with van der Waals surface area (Å²) in [5.41, 5.74) is 11.4. The van der Waals surface area contributed by atoms with Crippen molar-refractivity contribution in [1.82, 2.24) is 19.9 Å². The fraction of sp³-hybridized carbons (Fsp3) is 0.0370. The molecule has 4 heteroatoms. The standard InChI is InChI=1S/C27H20N4/c1-17-11-23-13-21-8-7-19(28-21)12-20-9-10-22(29-20)15-27-25(18-5-3-2-4-6-18)14-24(31-27)16-26(17)30-23/h2-16,30-31H,1H3. The summed E-state index contributed by atoms with van der Waals surface area (Å²) in [4.78, 5) is 16.6. The number of hydrogen-bond acceptors (Lipinski definition) is 2. The number of fused-ring (bicyclic) bond motifs is 8. The van der Waals surface area contributed by atoms with Crippen LogP contribution in [0.5, 0.6) is 0 Å². The molecule has 4 nitrogen and oxygen atoms in total. The summed E-state index contributed by atoms with van der Waals surface area (Å²) in [6, 6.07) is 23.1. The van der Waals surface area contributed by atoms with Gasteiger partial charge < -0.3 is 9.97 Å². The summed E-state index contributed by atoms with van der Waals surface area (Å²) in [6.07, 6.45) is 8.12. The Labute approximate surface area is 179 Å². The third-order valence-electron chi connectivity index (χ3n) is 5.59. The molecule has 31 heavy (non-hydrogen) atoms. The van der Waals surface area contributed by atoms with Gasteiger partial charge in [-0.3, -0.25) is 0 Å². The van der Waals surface area contributed by atoms with Crippen LogP contribution in [0.1, 0.15) is 28.3 Å². The van der Waals surface area contributed by atoms with Crippen LogP contribution >= 0.6 is 0 Å². The molecule has 2 aliphatic heterocycles. The van der Waals surface area contributed by atoms with Crippen molar-refractivity contribution in [2.45, 2.75) is 6.92 Å². The van der Waals surface area contributed by atoms with Gasteiger partial charge in [-0.1, -0.05) is 30.3 Å². The fourth-order valence-electron chi connectivity index (χ4n) is 4.09. The molecule has 0 aliphatic carbocycles. The third kappa shape index (κ3) is 3.38. The van der Waals surface area contributed by atoms with Gasteiger partial charge in [-0.2, -0.15) is 0 Å². The highest BCUT2D eigenvalue weighted by atomic mass is 14.8. The monoisotopic (exact) mass is 400 g/mol. The molecule has 0 radical (unpaired) electrons. The molecule has 2 N–H and O–H groups in total. The highest BCUT2D eigenvalue weighted by Gasteiger charge is 2.07. The Balaban J connectivity index is 1.71. The molecule has 6 rings (SSSR count). The minimum atomic E-state index is 0.903. The van der Waals surface area contributed by atoms with Crippen LogP contribution in [-0.2, 0) is 0 Å². The Morgan fingerprint density at radius 3 is 1.94 bits per heavy atom.